The second kappa shape index (κ2) is 19.3. The highest BCUT2D eigenvalue weighted by Gasteiger charge is 2.39. The van der Waals surface area contributed by atoms with Crippen LogP contribution in [0.1, 0.15) is 64.9 Å². The van der Waals surface area contributed by atoms with E-state index in [0.717, 1.165) is 57.2 Å². The Bertz CT molecular complexity index is 2330. The van der Waals surface area contributed by atoms with Gasteiger partial charge in [-0.3, -0.25) is 14.5 Å². The number of aromatic nitrogens is 1. The van der Waals surface area contributed by atoms with Crippen molar-refractivity contribution < 1.29 is 55.3 Å². The summed E-state index contributed by atoms with van der Waals surface area (Å²) < 4.78 is 79.1. The van der Waals surface area contributed by atoms with E-state index in [2.05, 4.69) is 19.7 Å². The summed E-state index contributed by atoms with van der Waals surface area (Å²) in [6, 6.07) is 16.0. The summed E-state index contributed by atoms with van der Waals surface area (Å²) in [6.07, 6.45) is 3.99. The number of nitrogens with zero attached hydrogens (tertiary/aromatic N) is 2. The number of nitrogens with one attached hydrogen (secondary N) is 2. The average Bonchev–Trinajstić information content (AvgIpc) is 4.08. The molecular formula is C42H42Cl2F2N4O10S. The Morgan fingerprint density at radius 3 is 2.28 bits per heavy atom. The van der Waals surface area contributed by atoms with Crippen molar-refractivity contribution in [2.75, 3.05) is 32.8 Å². The maximum Gasteiger partial charge on any atom is 0.387 e. The van der Waals surface area contributed by atoms with Crippen LogP contribution in [-0.2, 0) is 35.5 Å². The number of halogens is 4. The van der Waals surface area contributed by atoms with Crippen molar-refractivity contribution in [2.45, 2.75) is 61.9 Å². The lowest BCUT2D eigenvalue weighted by molar-refractivity contribution is -0.605. The van der Waals surface area contributed by atoms with Crippen molar-refractivity contribution in [1.82, 2.24) is 14.9 Å². The van der Waals surface area contributed by atoms with Gasteiger partial charge in [-0.25, -0.2) is 13.2 Å². The van der Waals surface area contributed by atoms with E-state index < -0.39 is 53.2 Å². The molecule has 19 heteroatoms. The van der Waals surface area contributed by atoms with E-state index in [0.29, 0.717) is 16.8 Å². The largest absolute Gasteiger partial charge is 0.619 e. The number of hydrogen-bond donors (Lipinski definition) is 2. The SMILES string of the molecule is O=C(CNC(=O)c1cccc(S(=O)(=O)NC(C(=O)O[C@H]2CN3CCC2CC3)c2ccccc2)c1)O[C@@H](Cc1c(Cl)c[n+]([O-])cc1Cl)c1ccc(OC(F)F)c(OCC2CC2)c1. The average molecular weight is 904 g/mol. The summed E-state index contributed by atoms with van der Waals surface area (Å²) in [6.45, 7) is -1.15. The van der Waals surface area contributed by atoms with Gasteiger partial charge in [-0.1, -0.05) is 65.7 Å². The van der Waals surface area contributed by atoms with E-state index in [9.17, 15) is 36.8 Å². The van der Waals surface area contributed by atoms with Crippen LogP contribution in [0.3, 0.4) is 0 Å². The minimum absolute atomic E-state index is 0.0211. The van der Waals surface area contributed by atoms with Crippen molar-refractivity contribution in [3.05, 3.63) is 123 Å². The van der Waals surface area contributed by atoms with Gasteiger partial charge in [0.25, 0.3) is 5.91 Å². The predicted molar refractivity (Wildman–Crippen MR) is 217 cm³/mol. The third kappa shape index (κ3) is 11.5. The summed E-state index contributed by atoms with van der Waals surface area (Å²) in [7, 11) is -4.43. The van der Waals surface area contributed by atoms with E-state index in [-0.39, 0.29) is 74.1 Å². The zero-order valence-corrected chi connectivity index (χ0v) is 34.8. The number of benzene rings is 3. The van der Waals surface area contributed by atoms with Gasteiger partial charge in [-0.05, 0) is 92.1 Å². The molecule has 2 N–H and O–H groups in total. The van der Waals surface area contributed by atoms with Gasteiger partial charge in [-0.15, -0.1) is 0 Å². The summed E-state index contributed by atoms with van der Waals surface area (Å²) in [5.74, 6) is -2.33. The van der Waals surface area contributed by atoms with Crippen molar-refractivity contribution in [3.63, 3.8) is 0 Å². The standard InChI is InChI=1S/C42H42Cl2F2N4O10S/c43-32-21-50(54)22-33(44)31(32)19-35(28-11-12-34(60-42(45)46)36(18-28)57-24-25-9-10-25)58-38(51)20-47-40(52)29-7-4-8-30(17-29)61(55,56)48-39(27-5-2-1-3-6-27)41(53)59-37-23-49-15-13-26(37)14-16-49/h1-8,11-12,17-18,21-22,25-26,35,37,39,42,48H,9-10,13-16,19-20,23-24H2,(H,47,52)/t35-,37-,39?/m0/s1. The molecule has 0 radical (unpaired) electrons. The minimum Gasteiger partial charge on any atom is -0.619 e. The van der Waals surface area contributed by atoms with Crippen LogP contribution in [0.2, 0.25) is 10.0 Å². The second-order valence-corrected chi connectivity index (χ2v) is 17.6. The maximum absolute atomic E-state index is 13.8. The molecule has 4 heterocycles. The van der Waals surface area contributed by atoms with Gasteiger partial charge in [0.05, 0.1) is 11.5 Å². The van der Waals surface area contributed by atoms with Gasteiger partial charge in [0.15, 0.2) is 23.9 Å². The number of alkyl halides is 2. The van der Waals surface area contributed by atoms with E-state index in [1.807, 2.05) is 0 Å². The number of piperidine rings is 3. The number of rotatable bonds is 18. The zero-order chi connectivity index (χ0) is 43.3. The van der Waals surface area contributed by atoms with E-state index in [1.54, 1.807) is 30.3 Å². The van der Waals surface area contributed by atoms with E-state index in [4.69, 9.17) is 37.4 Å². The Morgan fingerprint density at radius 2 is 1.62 bits per heavy atom. The monoisotopic (exact) mass is 902 g/mol. The third-order valence-corrected chi connectivity index (χ3v) is 12.8. The Kier molecular flexibility index (Phi) is 13.9. The smallest absolute Gasteiger partial charge is 0.387 e. The van der Waals surface area contributed by atoms with Crippen LogP contribution in [0.5, 0.6) is 11.5 Å². The molecule has 4 aromatic rings. The number of esters is 2. The van der Waals surface area contributed by atoms with Crippen LogP contribution >= 0.6 is 23.2 Å². The molecule has 2 bridgehead atoms. The highest BCUT2D eigenvalue weighted by Crippen LogP contribution is 2.38. The molecule has 3 aromatic carbocycles. The molecule has 3 saturated heterocycles. The lowest BCUT2D eigenvalue weighted by Gasteiger charge is -2.44. The van der Waals surface area contributed by atoms with Crippen molar-refractivity contribution in [1.29, 1.82) is 0 Å². The Morgan fingerprint density at radius 1 is 0.902 bits per heavy atom. The highest BCUT2D eigenvalue weighted by molar-refractivity contribution is 7.89. The van der Waals surface area contributed by atoms with Gasteiger partial charge in [0, 0.05) is 24.1 Å². The van der Waals surface area contributed by atoms with Crippen molar-refractivity contribution >= 4 is 51.1 Å². The van der Waals surface area contributed by atoms with Gasteiger partial charge in [0.1, 0.15) is 34.8 Å². The van der Waals surface area contributed by atoms with Crippen LogP contribution in [0.4, 0.5) is 8.78 Å². The molecule has 14 nitrogen and oxygen atoms in total. The molecule has 0 spiro atoms. The van der Waals surface area contributed by atoms with E-state index >= 15 is 0 Å². The number of sulfonamides is 1. The molecule has 4 fully saturated rings. The number of fused-ring (bicyclic) bond motifs is 3. The van der Waals surface area contributed by atoms with Gasteiger partial charge in [-0.2, -0.15) is 18.2 Å². The first-order valence-electron chi connectivity index (χ1n) is 19.6. The molecule has 3 aliphatic heterocycles. The molecule has 1 aromatic heterocycles. The van der Waals surface area contributed by atoms with Crippen LogP contribution in [0, 0.1) is 17.0 Å². The molecule has 3 atom stereocenters. The maximum atomic E-state index is 13.8. The number of hydrogen-bond acceptors (Lipinski definition) is 11. The van der Waals surface area contributed by atoms with Gasteiger partial charge in [0.2, 0.25) is 10.0 Å². The second-order valence-electron chi connectivity index (χ2n) is 15.1. The summed E-state index contributed by atoms with van der Waals surface area (Å²) >= 11 is 12.7. The Labute approximate surface area is 360 Å². The van der Waals surface area contributed by atoms with Crippen LogP contribution < -0.4 is 24.2 Å². The topological polar surface area (TPSA) is 177 Å². The van der Waals surface area contributed by atoms with E-state index in [1.165, 1.54) is 36.4 Å². The van der Waals surface area contributed by atoms with Gasteiger partial charge < -0.3 is 29.5 Å². The van der Waals surface area contributed by atoms with Crippen LogP contribution in [0.25, 0.3) is 0 Å². The van der Waals surface area contributed by atoms with Crippen molar-refractivity contribution in [2.24, 2.45) is 11.8 Å². The molecule has 324 valence electrons. The first kappa shape index (κ1) is 44.0. The van der Waals surface area contributed by atoms with Crippen LogP contribution in [-0.4, -0.2) is 76.7 Å². The number of carbonyl (C=O) groups is 3. The lowest BCUT2D eigenvalue weighted by Crippen LogP contribution is -2.52. The molecule has 1 saturated carbocycles. The fraction of sp³-hybridized carbons (Fsp3) is 0.381. The predicted octanol–water partition coefficient (Wildman–Crippen LogP) is 5.93. The number of amides is 1. The zero-order valence-electron chi connectivity index (χ0n) is 32.5. The Hall–Kier alpha value is -5.07. The molecule has 1 aliphatic carbocycles. The Balaban J connectivity index is 1.05. The molecule has 1 amide bonds. The molecule has 1 unspecified atom stereocenters. The minimum atomic E-state index is -4.43. The fourth-order valence-corrected chi connectivity index (χ4v) is 9.12. The molecule has 61 heavy (non-hydrogen) atoms. The number of carbonyl (C=O) groups excluding carboxylic acids is 3. The normalized spacial score (nSPS) is 19.5. The van der Waals surface area contributed by atoms with Gasteiger partial charge >= 0.3 is 18.6 Å². The van der Waals surface area contributed by atoms with Crippen molar-refractivity contribution in [3.8, 4) is 11.5 Å². The third-order valence-electron chi connectivity index (χ3n) is 10.8. The summed E-state index contributed by atoms with van der Waals surface area (Å²) in [4.78, 5) is 42.2. The quantitative estimate of drug-likeness (QED) is 0.0688. The lowest BCUT2D eigenvalue weighted by atomic mass is 9.86. The number of ether oxygens (including phenoxy) is 4. The first-order valence-corrected chi connectivity index (χ1v) is 21.8. The molecule has 4 aliphatic rings. The number of pyridine rings is 1. The highest BCUT2D eigenvalue weighted by atomic mass is 35.5. The molecule has 8 rings (SSSR count). The molecular weight excluding hydrogens is 861 g/mol. The summed E-state index contributed by atoms with van der Waals surface area (Å²) in [5.41, 5.74) is 0.747. The summed E-state index contributed by atoms with van der Waals surface area (Å²) in [5, 5.41) is 14.3. The first-order chi connectivity index (χ1) is 29.2. The van der Waals surface area contributed by atoms with Crippen LogP contribution in [0.15, 0.2) is 90.1 Å². The fourth-order valence-electron chi connectivity index (χ4n) is 7.30.